The van der Waals surface area contributed by atoms with Crippen molar-refractivity contribution in [3.8, 4) is 11.5 Å². The van der Waals surface area contributed by atoms with Crippen LogP contribution in [0.5, 0.6) is 11.5 Å². The van der Waals surface area contributed by atoms with Crippen LogP contribution in [0, 0.1) is 0 Å². The lowest BCUT2D eigenvalue weighted by Crippen LogP contribution is -2.37. The standard InChI is InChI=1S/C12H15NO5/c1-15-10-3-8(9(13)4-11(10)16-2)12(14)18-7-5-17-6-7/h3-4,7H,5-6,13H2,1-2H3. The molecule has 0 amide bonds. The van der Waals surface area contributed by atoms with Gasteiger partial charge in [0.25, 0.3) is 0 Å². The number of benzene rings is 1. The second-order valence-electron chi connectivity index (χ2n) is 3.86. The van der Waals surface area contributed by atoms with Gasteiger partial charge in [0, 0.05) is 12.1 Å². The summed E-state index contributed by atoms with van der Waals surface area (Å²) < 4.78 is 20.3. The van der Waals surface area contributed by atoms with Gasteiger partial charge in [-0.25, -0.2) is 4.79 Å². The third kappa shape index (κ3) is 2.33. The van der Waals surface area contributed by atoms with Crippen LogP contribution in [-0.2, 0) is 9.47 Å². The zero-order chi connectivity index (χ0) is 13.1. The Morgan fingerprint density at radius 2 is 1.89 bits per heavy atom. The van der Waals surface area contributed by atoms with Crippen LogP contribution in [0.2, 0.25) is 0 Å². The molecule has 1 heterocycles. The molecule has 0 atom stereocenters. The predicted molar refractivity (Wildman–Crippen MR) is 64.0 cm³/mol. The van der Waals surface area contributed by atoms with Gasteiger partial charge in [0.2, 0.25) is 0 Å². The zero-order valence-electron chi connectivity index (χ0n) is 10.3. The van der Waals surface area contributed by atoms with Crippen molar-refractivity contribution in [2.75, 3.05) is 33.2 Å². The van der Waals surface area contributed by atoms with Crippen LogP contribution in [0.3, 0.4) is 0 Å². The van der Waals surface area contributed by atoms with Crippen LogP contribution >= 0.6 is 0 Å². The van der Waals surface area contributed by atoms with Gasteiger partial charge in [-0.3, -0.25) is 0 Å². The summed E-state index contributed by atoms with van der Waals surface area (Å²) in [6, 6.07) is 3.04. The number of hydrogen-bond donors (Lipinski definition) is 1. The van der Waals surface area contributed by atoms with Gasteiger partial charge >= 0.3 is 5.97 Å². The van der Waals surface area contributed by atoms with Crippen LogP contribution in [-0.4, -0.2) is 39.5 Å². The van der Waals surface area contributed by atoms with E-state index in [1.807, 2.05) is 0 Å². The number of carbonyl (C=O) groups excluding carboxylic acids is 1. The van der Waals surface area contributed by atoms with Crippen molar-refractivity contribution in [2.45, 2.75) is 6.10 Å². The van der Waals surface area contributed by atoms with E-state index in [0.29, 0.717) is 24.7 Å². The monoisotopic (exact) mass is 253 g/mol. The Balaban J connectivity index is 2.23. The molecule has 0 aromatic heterocycles. The van der Waals surface area contributed by atoms with Gasteiger partial charge in [-0.1, -0.05) is 0 Å². The van der Waals surface area contributed by atoms with Crippen molar-refractivity contribution in [3.63, 3.8) is 0 Å². The SMILES string of the molecule is COc1cc(N)c(C(=O)OC2COC2)cc1OC. The molecule has 6 nitrogen and oxygen atoms in total. The van der Waals surface area contributed by atoms with Gasteiger partial charge in [0.15, 0.2) is 11.5 Å². The lowest BCUT2D eigenvalue weighted by molar-refractivity contribution is -0.103. The summed E-state index contributed by atoms with van der Waals surface area (Å²) in [5.41, 5.74) is 6.34. The van der Waals surface area contributed by atoms with Crippen LogP contribution in [0.15, 0.2) is 12.1 Å². The van der Waals surface area contributed by atoms with Gasteiger partial charge in [0.1, 0.15) is 6.10 Å². The van der Waals surface area contributed by atoms with Crippen molar-refractivity contribution < 1.29 is 23.7 Å². The topological polar surface area (TPSA) is 80.0 Å². The normalized spacial score (nSPS) is 14.8. The smallest absolute Gasteiger partial charge is 0.340 e. The lowest BCUT2D eigenvalue weighted by Gasteiger charge is -2.25. The van der Waals surface area contributed by atoms with Gasteiger partial charge in [-0.05, 0) is 0 Å². The number of nitrogen functional groups attached to an aromatic ring is 1. The van der Waals surface area contributed by atoms with E-state index in [0.717, 1.165) is 0 Å². The predicted octanol–water partition coefficient (Wildman–Crippen LogP) is 0.842. The first-order chi connectivity index (χ1) is 8.65. The largest absolute Gasteiger partial charge is 0.493 e. The quantitative estimate of drug-likeness (QED) is 0.632. The minimum absolute atomic E-state index is 0.190. The van der Waals surface area contributed by atoms with Crippen molar-refractivity contribution in [3.05, 3.63) is 17.7 Å². The summed E-state index contributed by atoms with van der Waals surface area (Å²) in [5, 5.41) is 0. The van der Waals surface area contributed by atoms with Crippen molar-refractivity contribution in [1.29, 1.82) is 0 Å². The molecule has 1 fully saturated rings. The lowest BCUT2D eigenvalue weighted by atomic mass is 10.1. The van der Waals surface area contributed by atoms with E-state index in [2.05, 4.69) is 0 Å². The fraction of sp³-hybridized carbons (Fsp3) is 0.417. The summed E-state index contributed by atoms with van der Waals surface area (Å²) in [7, 11) is 2.99. The molecule has 0 radical (unpaired) electrons. The molecule has 1 saturated heterocycles. The average molecular weight is 253 g/mol. The van der Waals surface area contributed by atoms with E-state index in [1.165, 1.54) is 26.4 Å². The molecule has 1 aliphatic heterocycles. The van der Waals surface area contributed by atoms with E-state index >= 15 is 0 Å². The molecule has 1 aromatic rings. The number of anilines is 1. The first-order valence-electron chi connectivity index (χ1n) is 5.46. The maximum absolute atomic E-state index is 11.9. The number of rotatable bonds is 4. The first kappa shape index (κ1) is 12.5. The minimum Gasteiger partial charge on any atom is -0.493 e. The molecule has 0 unspecified atom stereocenters. The molecular formula is C12H15NO5. The van der Waals surface area contributed by atoms with Crippen molar-refractivity contribution in [2.24, 2.45) is 0 Å². The maximum atomic E-state index is 11.9. The molecule has 0 aliphatic carbocycles. The highest BCUT2D eigenvalue weighted by Crippen LogP contribution is 2.32. The third-order valence-corrected chi connectivity index (χ3v) is 2.66. The highest BCUT2D eigenvalue weighted by atomic mass is 16.6. The number of hydrogen-bond acceptors (Lipinski definition) is 6. The van der Waals surface area contributed by atoms with Crippen LogP contribution < -0.4 is 15.2 Å². The Kier molecular flexibility index (Phi) is 3.57. The number of methoxy groups -OCH3 is 2. The van der Waals surface area contributed by atoms with Crippen molar-refractivity contribution in [1.82, 2.24) is 0 Å². The summed E-state index contributed by atoms with van der Waals surface area (Å²) in [5.74, 6) is 0.420. The maximum Gasteiger partial charge on any atom is 0.340 e. The second-order valence-corrected chi connectivity index (χ2v) is 3.86. The summed E-state index contributed by atoms with van der Waals surface area (Å²) in [6.07, 6.45) is -0.190. The highest BCUT2D eigenvalue weighted by molar-refractivity contribution is 5.96. The summed E-state index contributed by atoms with van der Waals surface area (Å²) >= 11 is 0. The Bertz CT molecular complexity index is 456. The van der Waals surface area contributed by atoms with E-state index in [9.17, 15) is 4.79 Å². The Morgan fingerprint density at radius 3 is 2.39 bits per heavy atom. The fourth-order valence-electron chi connectivity index (χ4n) is 1.57. The molecule has 18 heavy (non-hydrogen) atoms. The Morgan fingerprint density at radius 1 is 1.28 bits per heavy atom. The average Bonchev–Trinajstić information content (AvgIpc) is 2.33. The number of ether oxygens (including phenoxy) is 4. The van der Waals surface area contributed by atoms with Gasteiger partial charge in [0.05, 0.1) is 38.7 Å². The third-order valence-electron chi connectivity index (χ3n) is 2.66. The molecule has 98 valence electrons. The molecule has 1 aromatic carbocycles. The van der Waals surface area contributed by atoms with Crippen LogP contribution in [0.4, 0.5) is 5.69 Å². The summed E-state index contributed by atoms with van der Waals surface area (Å²) in [4.78, 5) is 11.9. The van der Waals surface area contributed by atoms with E-state index < -0.39 is 5.97 Å². The van der Waals surface area contributed by atoms with Crippen LogP contribution in [0.25, 0.3) is 0 Å². The minimum atomic E-state index is -0.484. The number of esters is 1. The molecule has 0 spiro atoms. The second kappa shape index (κ2) is 5.14. The van der Waals surface area contributed by atoms with Crippen molar-refractivity contribution >= 4 is 11.7 Å². The molecular weight excluding hydrogens is 238 g/mol. The first-order valence-corrected chi connectivity index (χ1v) is 5.46. The molecule has 2 rings (SSSR count). The van der Waals surface area contributed by atoms with Gasteiger partial charge in [-0.15, -0.1) is 0 Å². The Labute approximate surface area is 105 Å². The van der Waals surface area contributed by atoms with E-state index in [1.54, 1.807) is 0 Å². The van der Waals surface area contributed by atoms with Gasteiger partial charge in [-0.2, -0.15) is 0 Å². The molecule has 0 bridgehead atoms. The molecule has 6 heteroatoms. The highest BCUT2D eigenvalue weighted by Gasteiger charge is 2.25. The Hall–Kier alpha value is -1.95. The molecule has 1 aliphatic rings. The number of nitrogens with two attached hydrogens (primary N) is 1. The van der Waals surface area contributed by atoms with Crippen LogP contribution in [0.1, 0.15) is 10.4 Å². The van der Waals surface area contributed by atoms with E-state index in [-0.39, 0.29) is 17.4 Å². The zero-order valence-corrected chi connectivity index (χ0v) is 10.3. The molecule has 0 saturated carbocycles. The van der Waals surface area contributed by atoms with E-state index in [4.69, 9.17) is 24.7 Å². The fourth-order valence-corrected chi connectivity index (χ4v) is 1.57. The van der Waals surface area contributed by atoms with Gasteiger partial charge < -0.3 is 24.7 Å². The number of carbonyl (C=O) groups is 1. The summed E-state index contributed by atoms with van der Waals surface area (Å²) in [6.45, 7) is 0.859. The molecule has 2 N–H and O–H groups in total.